The van der Waals surface area contributed by atoms with E-state index in [0.29, 0.717) is 5.75 Å². The van der Waals surface area contributed by atoms with Crippen molar-refractivity contribution in [2.24, 2.45) is 5.92 Å². The predicted molar refractivity (Wildman–Crippen MR) is 106 cm³/mol. The fraction of sp³-hybridized carbons (Fsp3) is 0.524. The highest BCUT2D eigenvalue weighted by atomic mass is 16.7. The maximum atomic E-state index is 12.1. The zero-order valence-corrected chi connectivity index (χ0v) is 18.3. The van der Waals surface area contributed by atoms with Crippen LogP contribution in [0.1, 0.15) is 33.3 Å². The molecule has 1 fully saturated rings. The van der Waals surface area contributed by atoms with E-state index >= 15 is 0 Å². The predicted octanol–water partition coefficient (Wildman–Crippen LogP) is 1.86. The summed E-state index contributed by atoms with van der Waals surface area (Å²) in [4.78, 5) is 44.3. The van der Waals surface area contributed by atoms with E-state index in [4.69, 9.17) is 33.6 Å². The highest BCUT2D eigenvalue weighted by Gasteiger charge is 2.51. The SMILES string of the molecule is CC(=O)O.COC(=O)C1OC(Oc2ccc(C)cc2)C(OC(C)=O)C(OC(C)=O)C1C. The van der Waals surface area contributed by atoms with Gasteiger partial charge in [-0.15, -0.1) is 0 Å². The van der Waals surface area contributed by atoms with Gasteiger partial charge in [-0.2, -0.15) is 0 Å². The molecule has 10 heteroatoms. The van der Waals surface area contributed by atoms with E-state index in [0.717, 1.165) is 12.5 Å². The maximum absolute atomic E-state index is 12.1. The average molecular weight is 440 g/mol. The van der Waals surface area contributed by atoms with Gasteiger partial charge in [-0.25, -0.2) is 4.79 Å². The molecular formula is C21H28O10. The zero-order valence-electron chi connectivity index (χ0n) is 18.3. The third-order valence-electron chi connectivity index (χ3n) is 4.18. The second-order valence-corrected chi connectivity index (χ2v) is 6.91. The highest BCUT2D eigenvalue weighted by Crippen LogP contribution is 2.32. The summed E-state index contributed by atoms with van der Waals surface area (Å²) in [5.41, 5.74) is 1.03. The molecule has 0 bridgehead atoms. The van der Waals surface area contributed by atoms with E-state index in [9.17, 15) is 14.4 Å². The van der Waals surface area contributed by atoms with Gasteiger partial charge >= 0.3 is 17.9 Å². The van der Waals surface area contributed by atoms with Crippen LogP contribution < -0.4 is 4.74 Å². The first-order valence-corrected chi connectivity index (χ1v) is 9.46. The largest absolute Gasteiger partial charge is 0.481 e. The number of carbonyl (C=O) groups excluding carboxylic acids is 3. The minimum Gasteiger partial charge on any atom is -0.481 e. The van der Waals surface area contributed by atoms with Gasteiger partial charge in [0.2, 0.25) is 12.4 Å². The van der Waals surface area contributed by atoms with Crippen LogP contribution in [0.5, 0.6) is 5.75 Å². The molecule has 0 aliphatic carbocycles. The molecule has 1 aliphatic heterocycles. The number of carboxylic acids is 1. The smallest absolute Gasteiger partial charge is 0.335 e. The van der Waals surface area contributed by atoms with Gasteiger partial charge < -0.3 is 28.8 Å². The summed E-state index contributed by atoms with van der Waals surface area (Å²) in [6, 6.07) is 7.11. The Kier molecular flexibility index (Phi) is 9.94. The number of aliphatic carboxylic acids is 1. The molecule has 1 aliphatic rings. The Hall–Kier alpha value is -3.14. The number of aryl methyl sites for hydroxylation is 1. The van der Waals surface area contributed by atoms with E-state index in [1.165, 1.54) is 21.0 Å². The van der Waals surface area contributed by atoms with Gasteiger partial charge in [0.05, 0.1) is 7.11 Å². The number of methoxy groups -OCH3 is 1. The molecule has 10 nitrogen and oxygen atoms in total. The summed E-state index contributed by atoms with van der Waals surface area (Å²) < 4.78 is 27.0. The summed E-state index contributed by atoms with van der Waals surface area (Å²) in [6.07, 6.45) is -4.22. The van der Waals surface area contributed by atoms with Crippen LogP contribution >= 0.6 is 0 Å². The Morgan fingerprint density at radius 3 is 1.87 bits per heavy atom. The lowest BCUT2D eigenvalue weighted by Crippen LogP contribution is -2.60. The van der Waals surface area contributed by atoms with Crippen molar-refractivity contribution in [3.63, 3.8) is 0 Å². The lowest BCUT2D eigenvalue weighted by molar-refractivity contribution is -0.266. The second kappa shape index (κ2) is 11.9. The summed E-state index contributed by atoms with van der Waals surface area (Å²) in [7, 11) is 1.23. The third-order valence-corrected chi connectivity index (χ3v) is 4.18. The molecule has 0 spiro atoms. The van der Waals surface area contributed by atoms with Gasteiger partial charge in [-0.05, 0) is 19.1 Å². The van der Waals surface area contributed by atoms with Crippen molar-refractivity contribution in [1.82, 2.24) is 0 Å². The lowest BCUT2D eigenvalue weighted by atomic mass is 9.90. The van der Waals surface area contributed by atoms with Gasteiger partial charge in [0.25, 0.3) is 5.97 Å². The standard InChI is InChI=1S/C19H24O8.C2H4O2/c1-10-6-8-14(9-7-10)26-19-17(25-13(4)21)15(24-12(3)20)11(2)16(27-19)18(22)23-5;1-2(3)4/h6-9,11,15-17,19H,1-5H3;1H3,(H,3,4). The lowest BCUT2D eigenvalue weighted by Gasteiger charge is -2.42. The van der Waals surface area contributed by atoms with Crippen LogP contribution in [0.25, 0.3) is 0 Å². The first-order chi connectivity index (χ1) is 14.5. The Bertz CT molecular complexity index is 769. The first kappa shape index (κ1) is 25.9. The van der Waals surface area contributed by atoms with Gasteiger partial charge in [0, 0.05) is 26.7 Å². The van der Waals surface area contributed by atoms with Gasteiger partial charge in [-0.3, -0.25) is 14.4 Å². The first-order valence-electron chi connectivity index (χ1n) is 9.46. The molecule has 1 saturated heterocycles. The molecule has 1 aromatic carbocycles. The minimum absolute atomic E-state index is 0.447. The van der Waals surface area contributed by atoms with Crippen LogP contribution in [0.3, 0.4) is 0 Å². The minimum atomic E-state index is -1.17. The van der Waals surface area contributed by atoms with Crippen molar-refractivity contribution in [2.75, 3.05) is 7.11 Å². The van der Waals surface area contributed by atoms with Crippen LogP contribution in [0.15, 0.2) is 24.3 Å². The molecular weight excluding hydrogens is 412 g/mol. The summed E-state index contributed by atoms with van der Waals surface area (Å²) in [6.45, 7) is 7.11. The van der Waals surface area contributed by atoms with E-state index in [1.54, 1.807) is 19.1 Å². The quantitative estimate of drug-likeness (QED) is 0.534. The third kappa shape index (κ3) is 8.25. The normalized spacial score (nSPS) is 24.6. The molecule has 5 unspecified atom stereocenters. The number of ether oxygens (including phenoxy) is 5. The van der Waals surface area contributed by atoms with Gasteiger partial charge in [-0.1, -0.05) is 24.6 Å². The number of hydrogen-bond donors (Lipinski definition) is 1. The molecule has 5 atom stereocenters. The summed E-state index contributed by atoms with van der Waals surface area (Å²) in [5, 5.41) is 7.42. The molecule has 0 saturated carbocycles. The zero-order chi connectivity index (χ0) is 23.7. The molecule has 1 N–H and O–H groups in total. The summed E-state index contributed by atoms with van der Waals surface area (Å²) >= 11 is 0. The van der Waals surface area contributed by atoms with E-state index in [2.05, 4.69) is 0 Å². The highest BCUT2D eigenvalue weighted by molar-refractivity contribution is 5.75. The fourth-order valence-electron chi connectivity index (χ4n) is 2.88. The molecule has 0 amide bonds. The number of carbonyl (C=O) groups is 4. The van der Waals surface area contributed by atoms with E-state index in [-0.39, 0.29) is 0 Å². The number of benzene rings is 1. The summed E-state index contributed by atoms with van der Waals surface area (Å²) in [5.74, 6) is -2.82. The number of hydrogen-bond acceptors (Lipinski definition) is 9. The van der Waals surface area contributed by atoms with Crippen molar-refractivity contribution in [3.05, 3.63) is 29.8 Å². The average Bonchev–Trinajstić information content (AvgIpc) is 2.66. The Morgan fingerprint density at radius 2 is 1.42 bits per heavy atom. The van der Waals surface area contributed by atoms with Crippen LogP contribution in [0, 0.1) is 12.8 Å². The van der Waals surface area contributed by atoms with Crippen LogP contribution in [-0.4, -0.2) is 60.7 Å². The Morgan fingerprint density at radius 1 is 0.935 bits per heavy atom. The monoisotopic (exact) mass is 440 g/mol. The maximum Gasteiger partial charge on any atom is 0.335 e. The van der Waals surface area contributed by atoms with Crippen LogP contribution in [-0.2, 0) is 38.1 Å². The molecule has 172 valence electrons. The van der Waals surface area contributed by atoms with E-state index < -0.39 is 54.4 Å². The number of carboxylic acid groups (broad SMARTS) is 1. The van der Waals surface area contributed by atoms with Crippen molar-refractivity contribution in [1.29, 1.82) is 0 Å². The second-order valence-electron chi connectivity index (χ2n) is 6.91. The Balaban J connectivity index is 0.00000110. The molecule has 31 heavy (non-hydrogen) atoms. The number of esters is 3. The molecule has 1 heterocycles. The fourth-order valence-corrected chi connectivity index (χ4v) is 2.88. The molecule has 0 radical (unpaired) electrons. The van der Waals surface area contributed by atoms with Crippen molar-refractivity contribution >= 4 is 23.9 Å². The van der Waals surface area contributed by atoms with Gasteiger partial charge in [0.1, 0.15) is 5.75 Å². The van der Waals surface area contributed by atoms with Crippen molar-refractivity contribution in [3.8, 4) is 5.75 Å². The number of rotatable bonds is 5. The topological polar surface area (TPSA) is 135 Å². The Labute approximate surface area is 180 Å². The van der Waals surface area contributed by atoms with Crippen molar-refractivity contribution < 1.29 is 48.0 Å². The molecule has 0 aromatic heterocycles. The molecule has 2 rings (SSSR count). The van der Waals surface area contributed by atoms with Crippen LogP contribution in [0.2, 0.25) is 0 Å². The molecule has 1 aromatic rings. The van der Waals surface area contributed by atoms with E-state index in [1.807, 2.05) is 19.1 Å². The van der Waals surface area contributed by atoms with Crippen molar-refractivity contribution in [2.45, 2.75) is 59.2 Å². The van der Waals surface area contributed by atoms with Gasteiger partial charge in [0.15, 0.2) is 12.2 Å². The van der Waals surface area contributed by atoms with Crippen LogP contribution in [0.4, 0.5) is 0 Å².